The molecule has 0 amide bonds. The van der Waals surface area contributed by atoms with E-state index in [2.05, 4.69) is 35.4 Å². The molecule has 0 aliphatic heterocycles. The number of nitrogens with one attached hydrogen (secondary N) is 1. The zero-order chi connectivity index (χ0) is 21.5. The number of anilines is 2. The Morgan fingerprint density at radius 1 is 0.871 bits per heavy atom. The Balaban J connectivity index is 1.67. The number of benzene rings is 3. The molecule has 0 atom stereocenters. The number of fused-ring (bicyclic) bond motifs is 3. The second-order valence-electron chi connectivity index (χ2n) is 7.64. The third kappa shape index (κ3) is 3.22. The molecule has 31 heavy (non-hydrogen) atoms. The second-order valence-corrected chi connectivity index (χ2v) is 7.64. The molecule has 6 heteroatoms. The molecule has 6 nitrogen and oxygen atoms in total. The number of carbonyl (C=O) groups excluding carboxylic acids is 1. The van der Waals surface area contributed by atoms with Gasteiger partial charge in [0.15, 0.2) is 11.6 Å². The Labute approximate surface area is 179 Å². The van der Waals surface area contributed by atoms with Crippen LogP contribution in [0.2, 0.25) is 0 Å². The number of aromatic nitrogens is 4. The molecule has 0 unspecified atom stereocenters. The lowest BCUT2D eigenvalue weighted by Crippen LogP contribution is -2.05. The van der Waals surface area contributed by atoms with E-state index < -0.39 is 0 Å². The lowest BCUT2D eigenvalue weighted by Gasteiger charge is -2.13. The van der Waals surface area contributed by atoms with E-state index in [0.717, 1.165) is 28.1 Å². The van der Waals surface area contributed by atoms with Crippen LogP contribution in [0.1, 0.15) is 32.9 Å². The molecule has 0 aliphatic rings. The van der Waals surface area contributed by atoms with Crippen LogP contribution in [0, 0.1) is 20.8 Å². The number of rotatable bonds is 4. The predicted molar refractivity (Wildman–Crippen MR) is 122 cm³/mol. The van der Waals surface area contributed by atoms with Gasteiger partial charge >= 0.3 is 0 Å². The maximum Gasteiger partial charge on any atom is 0.204 e. The molecule has 152 valence electrons. The molecule has 0 radical (unpaired) electrons. The summed E-state index contributed by atoms with van der Waals surface area (Å²) in [5.41, 5.74) is 6.76. The van der Waals surface area contributed by atoms with Crippen LogP contribution in [0.3, 0.4) is 0 Å². The van der Waals surface area contributed by atoms with E-state index in [-0.39, 0.29) is 5.78 Å². The van der Waals surface area contributed by atoms with Crippen molar-refractivity contribution in [3.63, 3.8) is 0 Å². The van der Waals surface area contributed by atoms with Crippen LogP contribution in [0.15, 0.2) is 66.7 Å². The quantitative estimate of drug-likeness (QED) is 0.416. The van der Waals surface area contributed by atoms with Gasteiger partial charge in [0.05, 0.1) is 11.0 Å². The van der Waals surface area contributed by atoms with E-state index >= 15 is 0 Å². The second kappa shape index (κ2) is 7.32. The van der Waals surface area contributed by atoms with Crippen molar-refractivity contribution in [2.75, 3.05) is 5.32 Å². The summed E-state index contributed by atoms with van der Waals surface area (Å²) in [7, 11) is 0. The van der Waals surface area contributed by atoms with E-state index in [1.54, 1.807) is 0 Å². The third-order valence-electron chi connectivity index (χ3n) is 5.64. The smallest absolute Gasteiger partial charge is 0.204 e. The molecule has 2 aromatic heterocycles. The normalized spacial score (nSPS) is 11.2. The summed E-state index contributed by atoms with van der Waals surface area (Å²) < 4.78 is 1.94. The van der Waals surface area contributed by atoms with Crippen molar-refractivity contribution < 1.29 is 4.79 Å². The number of hydrogen-bond acceptors (Lipinski definition) is 5. The highest BCUT2D eigenvalue weighted by atomic mass is 16.1. The Hall–Kier alpha value is -4.06. The summed E-state index contributed by atoms with van der Waals surface area (Å²) in [6.07, 6.45) is 0. The van der Waals surface area contributed by atoms with Gasteiger partial charge in [0, 0.05) is 16.8 Å². The summed E-state index contributed by atoms with van der Waals surface area (Å²) in [4.78, 5) is 17.8. The topological polar surface area (TPSA) is 72.2 Å². The first-order chi connectivity index (χ1) is 15.0. The monoisotopic (exact) mass is 407 g/mol. The molecular weight excluding hydrogens is 386 g/mol. The number of aryl methyl sites for hydroxylation is 2. The van der Waals surface area contributed by atoms with Crippen LogP contribution in [0.25, 0.3) is 16.7 Å². The van der Waals surface area contributed by atoms with Crippen molar-refractivity contribution in [3.05, 3.63) is 94.8 Å². The molecule has 0 saturated heterocycles. The standard InChI is InChI=1S/C25H21N5O/c1-15-8-7-11-20(16(15)2)26-24-25-29-28-17(3)30(25)22-14-19(12-13-21(22)27-24)23(31)18-9-5-4-6-10-18/h4-14H,1-3H3,(H,26,27). The molecule has 5 aromatic rings. The fourth-order valence-electron chi connectivity index (χ4n) is 3.77. The lowest BCUT2D eigenvalue weighted by atomic mass is 10.0. The minimum Gasteiger partial charge on any atom is -0.337 e. The van der Waals surface area contributed by atoms with E-state index in [1.807, 2.05) is 72.0 Å². The summed E-state index contributed by atoms with van der Waals surface area (Å²) in [6.45, 7) is 6.05. The fourth-order valence-corrected chi connectivity index (χ4v) is 3.77. The van der Waals surface area contributed by atoms with Crippen LogP contribution < -0.4 is 5.32 Å². The fraction of sp³-hybridized carbons (Fsp3) is 0.120. The van der Waals surface area contributed by atoms with Crippen molar-refractivity contribution in [1.29, 1.82) is 0 Å². The third-order valence-corrected chi connectivity index (χ3v) is 5.64. The Morgan fingerprint density at radius 2 is 1.68 bits per heavy atom. The van der Waals surface area contributed by atoms with Crippen LogP contribution in [-0.2, 0) is 0 Å². The minimum atomic E-state index is -0.0287. The van der Waals surface area contributed by atoms with Crippen molar-refractivity contribution >= 4 is 34.0 Å². The van der Waals surface area contributed by atoms with Crippen LogP contribution >= 0.6 is 0 Å². The van der Waals surface area contributed by atoms with E-state index in [9.17, 15) is 4.79 Å². The average molecular weight is 407 g/mol. The number of hydrogen-bond donors (Lipinski definition) is 1. The van der Waals surface area contributed by atoms with Gasteiger partial charge < -0.3 is 5.32 Å². The summed E-state index contributed by atoms with van der Waals surface area (Å²) in [5.74, 6) is 1.33. The van der Waals surface area contributed by atoms with Crippen LogP contribution in [0.5, 0.6) is 0 Å². The summed E-state index contributed by atoms with van der Waals surface area (Å²) in [6, 6.07) is 20.9. The van der Waals surface area contributed by atoms with Crippen molar-refractivity contribution in [1.82, 2.24) is 19.6 Å². The van der Waals surface area contributed by atoms with Crippen molar-refractivity contribution in [2.24, 2.45) is 0 Å². The van der Waals surface area contributed by atoms with E-state index in [0.29, 0.717) is 22.6 Å². The van der Waals surface area contributed by atoms with Crippen LogP contribution in [-0.4, -0.2) is 25.4 Å². The maximum absolute atomic E-state index is 13.0. The highest BCUT2D eigenvalue weighted by Crippen LogP contribution is 2.28. The molecule has 0 spiro atoms. The first-order valence-corrected chi connectivity index (χ1v) is 10.1. The summed E-state index contributed by atoms with van der Waals surface area (Å²) in [5, 5.41) is 12.0. The SMILES string of the molecule is Cc1cccc(Nc2nc3ccc(C(=O)c4ccccc4)cc3n3c(C)nnc23)c1C. The van der Waals surface area contributed by atoms with Crippen LogP contribution in [0.4, 0.5) is 11.5 Å². The summed E-state index contributed by atoms with van der Waals surface area (Å²) >= 11 is 0. The van der Waals surface area contributed by atoms with Gasteiger partial charge in [-0.25, -0.2) is 4.98 Å². The Morgan fingerprint density at radius 3 is 2.48 bits per heavy atom. The average Bonchev–Trinajstić information content (AvgIpc) is 3.19. The molecule has 0 saturated carbocycles. The first-order valence-electron chi connectivity index (χ1n) is 10.1. The van der Waals surface area contributed by atoms with Gasteiger partial charge in [0.25, 0.3) is 0 Å². The number of carbonyl (C=O) groups is 1. The molecule has 3 aromatic carbocycles. The molecule has 2 heterocycles. The maximum atomic E-state index is 13.0. The van der Waals surface area contributed by atoms with Crippen molar-refractivity contribution in [3.8, 4) is 0 Å². The van der Waals surface area contributed by atoms with Gasteiger partial charge in [-0.15, -0.1) is 10.2 Å². The van der Waals surface area contributed by atoms with Gasteiger partial charge in [-0.1, -0.05) is 42.5 Å². The van der Waals surface area contributed by atoms with Gasteiger partial charge in [-0.05, 0) is 56.2 Å². The minimum absolute atomic E-state index is 0.0287. The van der Waals surface area contributed by atoms with E-state index in [1.165, 1.54) is 5.56 Å². The van der Waals surface area contributed by atoms with Gasteiger partial charge in [-0.2, -0.15) is 0 Å². The largest absolute Gasteiger partial charge is 0.337 e. The van der Waals surface area contributed by atoms with Gasteiger partial charge in [0.1, 0.15) is 5.82 Å². The highest BCUT2D eigenvalue weighted by molar-refractivity contribution is 6.10. The number of nitrogens with zero attached hydrogens (tertiary/aromatic N) is 4. The Bertz CT molecular complexity index is 1450. The molecular formula is C25H21N5O. The zero-order valence-corrected chi connectivity index (χ0v) is 17.5. The highest BCUT2D eigenvalue weighted by Gasteiger charge is 2.16. The van der Waals surface area contributed by atoms with Gasteiger partial charge in [0.2, 0.25) is 5.65 Å². The molecule has 0 aliphatic carbocycles. The molecule has 0 bridgehead atoms. The van der Waals surface area contributed by atoms with Gasteiger partial charge in [-0.3, -0.25) is 9.20 Å². The predicted octanol–water partition coefficient (Wildman–Crippen LogP) is 5.18. The molecule has 1 N–H and O–H groups in total. The lowest BCUT2D eigenvalue weighted by molar-refractivity contribution is 0.103. The van der Waals surface area contributed by atoms with E-state index in [4.69, 9.17) is 4.98 Å². The van der Waals surface area contributed by atoms with Crippen molar-refractivity contribution in [2.45, 2.75) is 20.8 Å². The molecule has 5 rings (SSSR count). The zero-order valence-electron chi connectivity index (χ0n) is 17.5. The molecule has 0 fully saturated rings. The first kappa shape index (κ1) is 18.9. The Kier molecular flexibility index (Phi) is 4.47. The number of ketones is 1.